The molecule has 0 saturated heterocycles. The van der Waals surface area contributed by atoms with E-state index in [1.165, 1.54) is 13.1 Å². The Hall–Kier alpha value is -1.89. The van der Waals surface area contributed by atoms with E-state index in [0.29, 0.717) is 22.6 Å². The van der Waals surface area contributed by atoms with Crippen LogP contribution in [0.1, 0.15) is 23.7 Å². The van der Waals surface area contributed by atoms with E-state index in [0.717, 1.165) is 0 Å². The summed E-state index contributed by atoms with van der Waals surface area (Å²) in [7, 11) is 0. The summed E-state index contributed by atoms with van der Waals surface area (Å²) >= 11 is 0. The highest BCUT2D eigenvalue weighted by Crippen LogP contribution is 2.23. The minimum Gasteiger partial charge on any atom is -0.424 e. The molecule has 1 aromatic heterocycles. The lowest BCUT2D eigenvalue weighted by atomic mass is 10.1. The zero-order valence-electron chi connectivity index (χ0n) is 8.29. The Morgan fingerprint density at radius 1 is 1.57 bits per heavy atom. The number of nitrogens with zero attached hydrogens (tertiary/aromatic N) is 2. The van der Waals surface area contributed by atoms with Gasteiger partial charge in [0.2, 0.25) is 0 Å². The molecule has 0 spiro atoms. The number of hydrogen-bond donors (Lipinski definition) is 0. The summed E-state index contributed by atoms with van der Waals surface area (Å²) in [6.45, 7) is 4.77. The number of pyridine rings is 1. The van der Waals surface area contributed by atoms with Gasteiger partial charge in [0.05, 0.1) is 11.3 Å². The Labute approximate surface area is 82.1 Å². The molecule has 4 heteroatoms. The topological polar surface area (TPSA) is 63.0 Å². The van der Waals surface area contributed by atoms with Crippen molar-refractivity contribution < 1.29 is 9.53 Å². The van der Waals surface area contributed by atoms with Gasteiger partial charge < -0.3 is 4.74 Å². The average molecular weight is 190 g/mol. The number of carbonyl (C=O) groups is 1. The maximum absolute atomic E-state index is 10.8. The summed E-state index contributed by atoms with van der Waals surface area (Å²) in [6, 6.07) is 1.98. The summed E-state index contributed by atoms with van der Waals surface area (Å²) in [6.07, 6.45) is 1.47. The molecular formula is C10H10N2O2. The second-order valence-electron chi connectivity index (χ2n) is 2.92. The van der Waals surface area contributed by atoms with Gasteiger partial charge in [-0.3, -0.25) is 9.78 Å². The second-order valence-corrected chi connectivity index (χ2v) is 2.92. The van der Waals surface area contributed by atoms with Crippen molar-refractivity contribution in [1.82, 2.24) is 4.98 Å². The second kappa shape index (κ2) is 3.88. The normalized spacial score (nSPS) is 9.29. The molecular weight excluding hydrogens is 180 g/mol. The lowest BCUT2D eigenvalue weighted by Gasteiger charge is -2.08. The van der Waals surface area contributed by atoms with Crippen LogP contribution in [0.15, 0.2) is 6.20 Å². The summed E-state index contributed by atoms with van der Waals surface area (Å²) < 4.78 is 4.97. The number of hydrogen-bond acceptors (Lipinski definition) is 4. The molecule has 0 N–H and O–H groups in total. The van der Waals surface area contributed by atoms with Crippen LogP contribution in [-0.2, 0) is 4.79 Å². The molecule has 0 unspecified atom stereocenters. The molecule has 0 fully saturated rings. The zero-order valence-corrected chi connectivity index (χ0v) is 8.29. The molecule has 0 aromatic carbocycles. The van der Waals surface area contributed by atoms with Gasteiger partial charge in [-0.2, -0.15) is 5.26 Å². The standard InChI is InChI=1S/C10H10N2O2/c1-6-9(4-11)5-12-7(2)10(6)14-8(3)13/h5H,1-3H3. The Kier molecular flexibility index (Phi) is 2.82. The van der Waals surface area contributed by atoms with Crippen LogP contribution in [0.3, 0.4) is 0 Å². The molecule has 1 heterocycles. The molecule has 0 amide bonds. The molecule has 1 rings (SSSR count). The fourth-order valence-electron chi connectivity index (χ4n) is 1.12. The molecule has 4 nitrogen and oxygen atoms in total. The van der Waals surface area contributed by atoms with Crippen LogP contribution in [-0.4, -0.2) is 11.0 Å². The molecule has 0 bridgehead atoms. The van der Waals surface area contributed by atoms with Crippen LogP contribution in [0.5, 0.6) is 5.75 Å². The van der Waals surface area contributed by atoms with Gasteiger partial charge in [0.15, 0.2) is 5.75 Å². The lowest BCUT2D eigenvalue weighted by Crippen LogP contribution is -2.06. The SMILES string of the molecule is CC(=O)Oc1c(C)ncc(C#N)c1C. The smallest absolute Gasteiger partial charge is 0.308 e. The van der Waals surface area contributed by atoms with E-state index in [1.807, 2.05) is 6.07 Å². The number of nitriles is 1. The van der Waals surface area contributed by atoms with Gasteiger partial charge in [-0.05, 0) is 13.8 Å². The first-order chi connectivity index (χ1) is 6.56. The minimum atomic E-state index is -0.409. The highest BCUT2D eigenvalue weighted by Gasteiger charge is 2.11. The first-order valence-electron chi connectivity index (χ1n) is 4.11. The molecule has 0 aliphatic heterocycles. The van der Waals surface area contributed by atoms with Crippen molar-refractivity contribution in [3.05, 3.63) is 23.0 Å². The number of ether oxygens (including phenoxy) is 1. The van der Waals surface area contributed by atoms with Crippen molar-refractivity contribution in [3.63, 3.8) is 0 Å². The maximum Gasteiger partial charge on any atom is 0.308 e. The van der Waals surface area contributed by atoms with Gasteiger partial charge in [-0.25, -0.2) is 0 Å². The van der Waals surface area contributed by atoms with Gasteiger partial charge >= 0.3 is 5.97 Å². The van der Waals surface area contributed by atoms with Crippen LogP contribution in [0.4, 0.5) is 0 Å². The number of aromatic nitrogens is 1. The Bertz CT molecular complexity index is 419. The van der Waals surface area contributed by atoms with Crippen molar-refractivity contribution in [2.45, 2.75) is 20.8 Å². The average Bonchev–Trinajstić information content (AvgIpc) is 2.12. The summed E-state index contributed by atoms with van der Waals surface area (Å²) in [5, 5.41) is 8.74. The van der Waals surface area contributed by atoms with E-state index in [-0.39, 0.29) is 0 Å². The van der Waals surface area contributed by atoms with E-state index in [4.69, 9.17) is 10.00 Å². The molecule has 0 aliphatic rings. The van der Waals surface area contributed by atoms with Crippen molar-refractivity contribution in [2.75, 3.05) is 0 Å². The zero-order chi connectivity index (χ0) is 10.7. The molecule has 72 valence electrons. The number of carbonyl (C=O) groups excluding carboxylic acids is 1. The molecule has 0 radical (unpaired) electrons. The fraction of sp³-hybridized carbons (Fsp3) is 0.300. The van der Waals surface area contributed by atoms with E-state index in [9.17, 15) is 4.79 Å². The van der Waals surface area contributed by atoms with Gasteiger partial charge in [0.25, 0.3) is 0 Å². The Balaban J connectivity index is 3.27. The maximum atomic E-state index is 10.8. The van der Waals surface area contributed by atoms with Gasteiger partial charge in [-0.15, -0.1) is 0 Å². The Morgan fingerprint density at radius 2 is 2.21 bits per heavy atom. The predicted molar refractivity (Wildman–Crippen MR) is 49.7 cm³/mol. The fourth-order valence-corrected chi connectivity index (χ4v) is 1.12. The van der Waals surface area contributed by atoms with Crippen LogP contribution in [0.2, 0.25) is 0 Å². The highest BCUT2D eigenvalue weighted by molar-refractivity contribution is 5.70. The molecule has 0 aliphatic carbocycles. The molecule has 1 aromatic rings. The van der Waals surface area contributed by atoms with Crippen LogP contribution in [0.25, 0.3) is 0 Å². The minimum absolute atomic E-state index is 0.386. The van der Waals surface area contributed by atoms with Gasteiger partial charge in [-0.1, -0.05) is 0 Å². The van der Waals surface area contributed by atoms with Gasteiger partial charge in [0, 0.05) is 18.7 Å². The largest absolute Gasteiger partial charge is 0.424 e. The first-order valence-corrected chi connectivity index (χ1v) is 4.11. The molecule has 0 saturated carbocycles. The van der Waals surface area contributed by atoms with E-state index in [1.54, 1.807) is 13.8 Å². The molecule has 14 heavy (non-hydrogen) atoms. The number of rotatable bonds is 1. The van der Waals surface area contributed by atoms with E-state index in [2.05, 4.69) is 4.98 Å². The third-order valence-electron chi connectivity index (χ3n) is 1.83. The van der Waals surface area contributed by atoms with Gasteiger partial charge in [0.1, 0.15) is 6.07 Å². The van der Waals surface area contributed by atoms with Crippen molar-refractivity contribution >= 4 is 5.97 Å². The van der Waals surface area contributed by atoms with E-state index < -0.39 is 5.97 Å². The molecule has 0 atom stereocenters. The third kappa shape index (κ3) is 1.88. The Morgan fingerprint density at radius 3 is 2.71 bits per heavy atom. The summed E-state index contributed by atoms with van der Waals surface area (Å²) in [5.41, 5.74) is 1.68. The van der Waals surface area contributed by atoms with Crippen LogP contribution < -0.4 is 4.74 Å². The van der Waals surface area contributed by atoms with Crippen molar-refractivity contribution in [1.29, 1.82) is 5.26 Å². The quantitative estimate of drug-likeness (QED) is 0.629. The van der Waals surface area contributed by atoms with Crippen LogP contribution >= 0.6 is 0 Å². The van der Waals surface area contributed by atoms with Crippen molar-refractivity contribution in [2.24, 2.45) is 0 Å². The highest BCUT2D eigenvalue weighted by atomic mass is 16.5. The number of esters is 1. The lowest BCUT2D eigenvalue weighted by molar-refractivity contribution is -0.132. The first kappa shape index (κ1) is 10.2. The van der Waals surface area contributed by atoms with Crippen LogP contribution in [0, 0.1) is 25.2 Å². The van der Waals surface area contributed by atoms with E-state index >= 15 is 0 Å². The monoisotopic (exact) mass is 190 g/mol. The summed E-state index contributed by atoms with van der Waals surface area (Å²) in [5.74, 6) is -0.0235. The third-order valence-corrected chi connectivity index (χ3v) is 1.83. The van der Waals surface area contributed by atoms with Crippen molar-refractivity contribution in [3.8, 4) is 11.8 Å². The number of aryl methyl sites for hydroxylation is 1. The summed E-state index contributed by atoms with van der Waals surface area (Å²) in [4.78, 5) is 14.7. The predicted octanol–water partition coefficient (Wildman–Crippen LogP) is 1.50.